The van der Waals surface area contributed by atoms with Crippen molar-refractivity contribution in [2.24, 2.45) is 0 Å². The molecule has 0 saturated carbocycles. The largest absolute Gasteiger partial charge is 0.394 e. The maximum absolute atomic E-state index is 13.5. The molecule has 0 aromatic rings. The van der Waals surface area contributed by atoms with E-state index in [4.69, 9.17) is 28.4 Å². The summed E-state index contributed by atoms with van der Waals surface area (Å²) in [6.07, 6.45) is 34.7. The Morgan fingerprint density at radius 3 is 0.946 bits per heavy atom. The van der Waals surface area contributed by atoms with Gasteiger partial charge in [0.1, 0.15) is 73.2 Å². The van der Waals surface area contributed by atoms with Gasteiger partial charge in [-0.15, -0.1) is 0 Å². The first-order chi connectivity index (χ1) is 44.8. The lowest BCUT2D eigenvalue weighted by Crippen LogP contribution is -2.66. The SMILES string of the molecule is CCCCCCCCCCCCCCCCCCCCCCCCCCCCC(=O)NC(COC1OC(CO)C(OC2OC(CO)C(OC3OC(CO)C(O)C(O)C3O)C(O)C2O)C(O)C1O)C(O)CCCCCCCCCCCCCCCCCCCCCCC. The molecule has 12 N–H and O–H groups in total. The van der Waals surface area contributed by atoms with Gasteiger partial charge in [-0.1, -0.05) is 309 Å². The average molecular weight is 1320 g/mol. The minimum Gasteiger partial charge on any atom is -0.394 e. The van der Waals surface area contributed by atoms with Crippen molar-refractivity contribution in [2.45, 2.75) is 433 Å². The number of unbranched alkanes of at least 4 members (excludes halogenated alkanes) is 45. The summed E-state index contributed by atoms with van der Waals surface area (Å²) in [5, 5.41) is 121. The number of aliphatic hydroxyl groups is 11. The fourth-order valence-corrected chi connectivity index (χ4v) is 13.5. The van der Waals surface area contributed by atoms with Gasteiger partial charge in [0.15, 0.2) is 18.9 Å². The molecule has 3 aliphatic heterocycles. The highest BCUT2D eigenvalue weighted by atomic mass is 16.8. The van der Waals surface area contributed by atoms with Gasteiger partial charge in [-0.2, -0.15) is 0 Å². The van der Waals surface area contributed by atoms with E-state index in [0.717, 1.165) is 44.9 Å². The summed E-state index contributed by atoms with van der Waals surface area (Å²) in [5.41, 5.74) is 0. The molecule has 17 unspecified atom stereocenters. The molecule has 19 heteroatoms. The molecule has 92 heavy (non-hydrogen) atoms. The summed E-state index contributed by atoms with van der Waals surface area (Å²) >= 11 is 0. The van der Waals surface area contributed by atoms with E-state index in [1.807, 2.05) is 0 Å². The molecule has 546 valence electrons. The lowest BCUT2D eigenvalue weighted by atomic mass is 9.96. The highest BCUT2D eigenvalue weighted by molar-refractivity contribution is 5.76. The van der Waals surface area contributed by atoms with Gasteiger partial charge < -0.3 is 89.9 Å². The Labute approximate surface area is 557 Å². The number of ether oxygens (including phenoxy) is 6. The minimum absolute atomic E-state index is 0.233. The van der Waals surface area contributed by atoms with Gasteiger partial charge in [0.05, 0.1) is 38.6 Å². The molecule has 3 saturated heterocycles. The molecule has 1 amide bonds. The standard InChI is InChI=1S/C73H141NO18/c1-3-5-7-9-11-13-15-17-19-21-23-25-26-27-28-29-31-33-35-37-39-41-43-45-47-49-51-61(79)74-56(57(78)50-48-46-44-42-40-38-36-34-32-30-24-22-20-18-16-14-12-10-8-6-4-2)55-87-71-67(85)64(82)69(59(53-76)89-71)92-73-68(86)65(83)70(60(54-77)90-73)91-72-66(84)63(81)62(80)58(52-75)88-72/h56-60,62-73,75-78,80-86H,3-55H2,1-2H3,(H,74,79). The second-order valence-corrected chi connectivity index (χ2v) is 27.8. The zero-order valence-electron chi connectivity index (χ0n) is 58.1. The maximum Gasteiger partial charge on any atom is 0.220 e. The topological polar surface area (TPSA) is 307 Å². The molecule has 0 spiro atoms. The summed E-state index contributed by atoms with van der Waals surface area (Å²) in [5.74, 6) is -0.233. The lowest BCUT2D eigenvalue weighted by Gasteiger charge is -2.48. The highest BCUT2D eigenvalue weighted by Gasteiger charge is 2.53. The van der Waals surface area contributed by atoms with Gasteiger partial charge in [0.25, 0.3) is 0 Å². The van der Waals surface area contributed by atoms with Crippen LogP contribution in [0.3, 0.4) is 0 Å². The van der Waals surface area contributed by atoms with Crippen LogP contribution in [-0.4, -0.2) is 193 Å². The third-order valence-electron chi connectivity index (χ3n) is 19.7. The van der Waals surface area contributed by atoms with Crippen LogP contribution in [-0.2, 0) is 33.2 Å². The van der Waals surface area contributed by atoms with Gasteiger partial charge in [-0.3, -0.25) is 4.79 Å². The Morgan fingerprint density at radius 2 is 0.620 bits per heavy atom. The number of amides is 1. The van der Waals surface area contributed by atoms with Crippen LogP contribution >= 0.6 is 0 Å². The van der Waals surface area contributed by atoms with Gasteiger partial charge in [-0.05, 0) is 12.8 Å². The van der Waals surface area contributed by atoms with Crippen molar-refractivity contribution >= 4 is 5.91 Å². The van der Waals surface area contributed by atoms with Gasteiger partial charge in [0.2, 0.25) is 5.91 Å². The predicted molar refractivity (Wildman–Crippen MR) is 361 cm³/mol. The molecule has 0 aromatic carbocycles. The van der Waals surface area contributed by atoms with Crippen LogP contribution < -0.4 is 5.32 Å². The summed E-state index contributed by atoms with van der Waals surface area (Å²) < 4.78 is 34.5. The Bertz CT molecular complexity index is 1670. The minimum atomic E-state index is -1.97. The molecular formula is C73H141NO18. The fraction of sp³-hybridized carbons (Fsp3) is 0.986. The third kappa shape index (κ3) is 36.6. The highest BCUT2D eigenvalue weighted by Crippen LogP contribution is 2.33. The fourth-order valence-electron chi connectivity index (χ4n) is 13.5. The van der Waals surface area contributed by atoms with E-state index in [1.54, 1.807) is 0 Å². The van der Waals surface area contributed by atoms with Crippen LogP contribution in [0, 0.1) is 0 Å². The molecule has 0 bridgehead atoms. The number of carbonyl (C=O) groups is 1. The second-order valence-electron chi connectivity index (χ2n) is 27.8. The zero-order valence-corrected chi connectivity index (χ0v) is 58.1. The first-order valence-electron chi connectivity index (χ1n) is 38.3. The molecule has 19 nitrogen and oxygen atoms in total. The number of aliphatic hydroxyl groups excluding tert-OH is 11. The van der Waals surface area contributed by atoms with Crippen molar-refractivity contribution in [1.29, 1.82) is 0 Å². The van der Waals surface area contributed by atoms with Crippen LogP contribution in [0.25, 0.3) is 0 Å². The lowest BCUT2D eigenvalue weighted by molar-refractivity contribution is -0.379. The van der Waals surface area contributed by atoms with Crippen molar-refractivity contribution in [2.75, 3.05) is 26.4 Å². The molecule has 3 heterocycles. The smallest absolute Gasteiger partial charge is 0.220 e. The first kappa shape index (κ1) is 85.0. The van der Waals surface area contributed by atoms with Crippen LogP contribution in [0.1, 0.15) is 328 Å². The van der Waals surface area contributed by atoms with Gasteiger partial charge >= 0.3 is 0 Å². The van der Waals surface area contributed by atoms with Crippen molar-refractivity contribution < 1.29 is 89.4 Å². The van der Waals surface area contributed by atoms with E-state index < -0.39 is 124 Å². The first-order valence-corrected chi connectivity index (χ1v) is 38.3. The van der Waals surface area contributed by atoms with E-state index >= 15 is 0 Å². The normalized spacial score (nSPS) is 27.6. The Kier molecular flexibility index (Phi) is 51.4. The number of hydrogen-bond acceptors (Lipinski definition) is 18. The number of hydrogen-bond donors (Lipinski definition) is 12. The van der Waals surface area contributed by atoms with E-state index in [0.29, 0.717) is 12.8 Å². The quantitative estimate of drug-likeness (QED) is 0.0252. The third-order valence-corrected chi connectivity index (χ3v) is 19.7. The second kappa shape index (κ2) is 55.6. The number of nitrogens with one attached hydrogen (secondary N) is 1. The Morgan fingerprint density at radius 1 is 0.348 bits per heavy atom. The van der Waals surface area contributed by atoms with Gasteiger partial charge in [-0.25, -0.2) is 0 Å². The molecule has 0 aliphatic carbocycles. The van der Waals surface area contributed by atoms with E-state index in [-0.39, 0.29) is 18.9 Å². The molecule has 3 fully saturated rings. The van der Waals surface area contributed by atoms with Crippen LogP contribution in [0.5, 0.6) is 0 Å². The molecular weight excluding hydrogens is 1180 g/mol. The molecule has 0 aromatic heterocycles. The van der Waals surface area contributed by atoms with Crippen LogP contribution in [0.2, 0.25) is 0 Å². The van der Waals surface area contributed by atoms with E-state index in [9.17, 15) is 61.0 Å². The zero-order chi connectivity index (χ0) is 66.8. The number of rotatable bonds is 61. The molecule has 0 radical (unpaired) electrons. The van der Waals surface area contributed by atoms with Crippen molar-refractivity contribution in [3.63, 3.8) is 0 Å². The molecule has 17 atom stereocenters. The summed E-state index contributed by atoms with van der Waals surface area (Å²) in [6, 6.07) is -0.882. The monoisotopic (exact) mass is 1320 g/mol. The molecule has 3 rings (SSSR count). The van der Waals surface area contributed by atoms with Crippen LogP contribution in [0.15, 0.2) is 0 Å². The Balaban J connectivity index is 1.39. The molecule has 3 aliphatic rings. The Hall–Kier alpha value is -1.21. The van der Waals surface area contributed by atoms with Crippen molar-refractivity contribution in [3.8, 4) is 0 Å². The number of carbonyl (C=O) groups excluding carboxylic acids is 1. The van der Waals surface area contributed by atoms with Crippen molar-refractivity contribution in [3.05, 3.63) is 0 Å². The van der Waals surface area contributed by atoms with Gasteiger partial charge in [0, 0.05) is 6.42 Å². The summed E-state index contributed by atoms with van der Waals surface area (Å²) in [7, 11) is 0. The van der Waals surface area contributed by atoms with E-state index in [1.165, 1.54) is 250 Å². The summed E-state index contributed by atoms with van der Waals surface area (Å²) in [4.78, 5) is 13.5. The summed E-state index contributed by atoms with van der Waals surface area (Å²) in [6.45, 7) is 1.86. The maximum atomic E-state index is 13.5. The predicted octanol–water partition coefficient (Wildman–Crippen LogP) is 11.5. The van der Waals surface area contributed by atoms with Crippen molar-refractivity contribution in [1.82, 2.24) is 5.32 Å². The van der Waals surface area contributed by atoms with E-state index in [2.05, 4.69) is 19.2 Å². The average Bonchev–Trinajstić information content (AvgIpc) is 0.839. The van der Waals surface area contributed by atoms with Crippen LogP contribution in [0.4, 0.5) is 0 Å².